The maximum atomic E-state index is 2.94. The van der Waals surface area contributed by atoms with Gasteiger partial charge in [-0.15, -0.1) is 0 Å². The fraction of sp³-hybridized carbons (Fsp3) is 0.625. The highest BCUT2D eigenvalue weighted by Crippen LogP contribution is 2.54. The van der Waals surface area contributed by atoms with Crippen LogP contribution in [0.2, 0.25) is 0 Å². The van der Waals surface area contributed by atoms with Crippen LogP contribution < -0.4 is 0 Å². The van der Waals surface area contributed by atoms with E-state index in [4.69, 9.17) is 0 Å². The van der Waals surface area contributed by atoms with E-state index in [0.29, 0.717) is 0 Å². The minimum absolute atomic E-state index is 0.234. The van der Waals surface area contributed by atoms with Gasteiger partial charge in [-0.25, -0.2) is 0 Å². The van der Waals surface area contributed by atoms with Crippen LogP contribution >= 0.6 is 15.9 Å². The van der Waals surface area contributed by atoms with Crippen LogP contribution in [-0.4, -0.2) is 5.83 Å². The third kappa shape index (κ3) is 7.45. The first-order valence-corrected chi connectivity index (χ1v) is 15.3. The van der Waals surface area contributed by atoms with Crippen LogP contribution in [0.25, 0.3) is 11.1 Å². The molecule has 184 valence electrons. The van der Waals surface area contributed by atoms with Crippen LogP contribution in [0, 0.1) is 13.8 Å². The van der Waals surface area contributed by atoms with Crippen molar-refractivity contribution in [3.63, 3.8) is 0 Å². The summed E-state index contributed by atoms with van der Waals surface area (Å²) in [7, 11) is 0. The lowest BCUT2D eigenvalue weighted by atomic mass is 9.70. The summed E-state index contributed by atoms with van der Waals surface area (Å²) < 4.78 is 0. The van der Waals surface area contributed by atoms with Gasteiger partial charge in [0, 0.05) is 5.41 Å². The highest BCUT2D eigenvalue weighted by atomic mass is 79.9. The number of hydrogen-bond donors (Lipinski definition) is 0. The summed E-state index contributed by atoms with van der Waals surface area (Å²) in [5, 5.41) is 0. The maximum absolute atomic E-state index is 2.94. The molecule has 0 saturated carbocycles. The molecule has 0 saturated heterocycles. The molecule has 2 aromatic carbocycles. The Morgan fingerprint density at radius 1 is 0.545 bits per heavy atom. The Balaban J connectivity index is 0.00000187. The Labute approximate surface area is 214 Å². The molecule has 1 heteroatoms. The molecule has 0 N–H and O–H groups in total. The first-order chi connectivity index (χ1) is 16.1. The van der Waals surface area contributed by atoms with Gasteiger partial charge in [0.15, 0.2) is 0 Å². The lowest BCUT2D eigenvalue weighted by Gasteiger charge is -2.33. The van der Waals surface area contributed by atoms with Gasteiger partial charge in [0.1, 0.15) is 0 Å². The van der Waals surface area contributed by atoms with E-state index in [9.17, 15) is 0 Å². The van der Waals surface area contributed by atoms with E-state index in [0.717, 1.165) is 0 Å². The summed E-state index contributed by atoms with van der Waals surface area (Å²) in [6, 6.07) is 14.5. The molecule has 0 spiro atoms. The molecule has 1 aliphatic carbocycles. The monoisotopic (exact) mass is 512 g/mol. The Hall–Kier alpha value is -1.08. The van der Waals surface area contributed by atoms with E-state index in [1.54, 1.807) is 11.1 Å². The predicted octanol–water partition coefficient (Wildman–Crippen LogP) is 11.1. The zero-order chi connectivity index (χ0) is 24.1. The van der Waals surface area contributed by atoms with E-state index in [2.05, 4.69) is 80.0 Å². The highest BCUT2D eigenvalue weighted by molar-refractivity contribution is 9.08. The molecule has 1 aliphatic rings. The van der Waals surface area contributed by atoms with Crippen molar-refractivity contribution in [2.75, 3.05) is 5.83 Å². The number of hydrogen-bond acceptors (Lipinski definition) is 0. The summed E-state index contributed by atoms with van der Waals surface area (Å²) in [5.74, 6) is 1.81. The van der Waals surface area contributed by atoms with Gasteiger partial charge in [-0.3, -0.25) is 0 Å². The lowest BCUT2D eigenvalue weighted by molar-refractivity contribution is 0.397. The molecule has 0 bridgehead atoms. The number of rotatable bonds is 14. The molecule has 0 aromatic heterocycles. The van der Waals surface area contributed by atoms with Crippen molar-refractivity contribution in [3.8, 4) is 11.1 Å². The minimum atomic E-state index is 0.234. The average molecular weight is 514 g/mol. The molecular formula is C32H49Br. The molecule has 2 aromatic rings. The van der Waals surface area contributed by atoms with Crippen molar-refractivity contribution in [1.29, 1.82) is 0 Å². The molecule has 0 fully saturated rings. The molecular weight excluding hydrogens is 464 g/mol. The second-order valence-electron chi connectivity index (χ2n) is 10.2. The van der Waals surface area contributed by atoms with Gasteiger partial charge in [0.2, 0.25) is 0 Å². The van der Waals surface area contributed by atoms with Crippen molar-refractivity contribution in [2.45, 2.75) is 123 Å². The van der Waals surface area contributed by atoms with Crippen LogP contribution in [0.3, 0.4) is 0 Å². The highest BCUT2D eigenvalue weighted by Gasteiger charge is 2.42. The second-order valence-corrected chi connectivity index (χ2v) is 10.2. The van der Waals surface area contributed by atoms with Crippen molar-refractivity contribution < 1.29 is 0 Å². The zero-order valence-corrected chi connectivity index (χ0v) is 23.8. The average Bonchev–Trinajstić information content (AvgIpc) is 3.08. The van der Waals surface area contributed by atoms with Crippen molar-refractivity contribution in [3.05, 3.63) is 58.7 Å². The molecule has 33 heavy (non-hydrogen) atoms. The Kier molecular flexibility index (Phi) is 12.8. The van der Waals surface area contributed by atoms with E-state index < -0.39 is 0 Å². The molecule has 0 aliphatic heterocycles. The van der Waals surface area contributed by atoms with E-state index in [1.807, 2.05) is 5.83 Å². The molecule has 0 radical (unpaired) electrons. The topological polar surface area (TPSA) is 0 Å². The smallest absolute Gasteiger partial charge is 0.0215 e. The fourth-order valence-corrected chi connectivity index (χ4v) is 5.80. The first-order valence-electron chi connectivity index (χ1n) is 13.7. The van der Waals surface area contributed by atoms with Crippen LogP contribution in [0.4, 0.5) is 0 Å². The third-order valence-corrected chi connectivity index (χ3v) is 7.59. The van der Waals surface area contributed by atoms with Crippen molar-refractivity contribution in [2.24, 2.45) is 0 Å². The normalized spacial score (nSPS) is 13.3. The van der Waals surface area contributed by atoms with Gasteiger partial charge >= 0.3 is 0 Å². The second kappa shape index (κ2) is 15.0. The van der Waals surface area contributed by atoms with E-state index >= 15 is 0 Å². The van der Waals surface area contributed by atoms with E-state index in [-0.39, 0.29) is 5.41 Å². The minimum Gasteiger partial charge on any atom is -0.0966 e. The van der Waals surface area contributed by atoms with Gasteiger partial charge < -0.3 is 0 Å². The van der Waals surface area contributed by atoms with Crippen LogP contribution in [0.5, 0.6) is 0 Å². The number of halogens is 1. The molecule has 0 heterocycles. The van der Waals surface area contributed by atoms with Crippen molar-refractivity contribution >= 4 is 15.9 Å². The van der Waals surface area contributed by atoms with Gasteiger partial charge in [-0.2, -0.15) is 0 Å². The largest absolute Gasteiger partial charge is 0.0966 e. The summed E-state index contributed by atoms with van der Waals surface area (Å²) in [6.07, 6.45) is 19.2. The maximum Gasteiger partial charge on any atom is 0.0215 e. The Morgan fingerprint density at radius 2 is 0.909 bits per heavy atom. The standard InChI is InChI=1S/C31H46.CH3Br/c1-5-7-9-11-13-15-21-31(22-16-14-12-10-8-6-2)29-23-25(3)17-19-27(29)28-20-18-26(4)24-30(28)31;1-2/h17-20,23-24H,5-16,21-22H2,1-4H3;1H3. The van der Waals surface area contributed by atoms with Crippen LogP contribution in [0.1, 0.15) is 126 Å². The Morgan fingerprint density at radius 3 is 1.30 bits per heavy atom. The summed E-state index contributed by atoms with van der Waals surface area (Å²) in [5.41, 5.74) is 9.36. The predicted molar refractivity (Wildman–Crippen MR) is 153 cm³/mol. The quantitative estimate of drug-likeness (QED) is 0.174. The van der Waals surface area contributed by atoms with E-state index in [1.165, 1.54) is 112 Å². The molecule has 0 nitrogen and oxygen atoms in total. The Bertz CT molecular complexity index is 750. The number of fused-ring (bicyclic) bond motifs is 3. The number of alkyl halides is 1. The molecule has 0 atom stereocenters. The lowest BCUT2D eigenvalue weighted by Crippen LogP contribution is -2.25. The zero-order valence-electron chi connectivity index (χ0n) is 22.2. The van der Waals surface area contributed by atoms with Gasteiger partial charge in [0.05, 0.1) is 0 Å². The first kappa shape index (κ1) is 28.2. The van der Waals surface area contributed by atoms with Gasteiger partial charge in [-0.05, 0) is 54.8 Å². The summed E-state index contributed by atoms with van der Waals surface area (Å²) >= 11 is 2.94. The summed E-state index contributed by atoms with van der Waals surface area (Å²) in [4.78, 5) is 0. The van der Waals surface area contributed by atoms with Crippen LogP contribution in [-0.2, 0) is 5.41 Å². The number of unbranched alkanes of at least 4 members (excludes halogenated alkanes) is 10. The molecule has 0 unspecified atom stereocenters. The van der Waals surface area contributed by atoms with Gasteiger partial charge in [-0.1, -0.05) is 154 Å². The third-order valence-electron chi connectivity index (χ3n) is 7.59. The molecule has 3 rings (SSSR count). The SMILES string of the molecule is CBr.CCCCCCCCC1(CCCCCCCC)c2cc(C)ccc2-c2ccc(C)cc21. The number of aryl methyl sites for hydroxylation is 2. The van der Waals surface area contributed by atoms with Crippen molar-refractivity contribution in [1.82, 2.24) is 0 Å². The fourth-order valence-electron chi connectivity index (χ4n) is 5.80. The van der Waals surface area contributed by atoms with Crippen LogP contribution in [0.15, 0.2) is 36.4 Å². The summed E-state index contributed by atoms with van der Waals surface area (Å²) in [6.45, 7) is 9.17. The van der Waals surface area contributed by atoms with Gasteiger partial charge in [0.25, 0.3) is 0 Å². The number of benzene rings is 2. The molecule has 0 amide bonds.